The number of likely N-dealkylation sites (tertiary alicyclic amines) is 1. The van der Waals surface area contributed by atoms with Crippen molar-refractivity contribution in [2.24, 2.45) is 5.41 Å². The standard InChI is InChI=1S/C33H37N7/c1-32(15-12-24(13-16-32)21-39-20-17-33(23-39)14-6-18-35-22-33)40-30(26-9-5-19-36-29(26)34)38-28-11-10-27(37-31(28)40)25-7-3-2-4-8-25/h2-5,7-13,15,19,35H,6,14,16-18,20-23H2,1H3,(H2,34,36). The van der Waals surface area contributed by atoms with Crippen LogP contribution in [0.5, 0.6) is 0 Å². The summed E-state index contributed by atoms with van der Waals surface area (Å²) in [5.74, 6) is 1.27. The summed E-state index contributed by atoms with van der Waals surface area (Å²) >= 11 is 0. The molecule has 7 nitrogen and oxygen atoms in total. The van der Waals surface area contributed by atoms with Crippen molar-refractivity contribution >= 4 is 17.0 Å². The van der Waals surface area contributed by atoms with E-state index in [-0.39, 0.29) is 5.54 Å². The summed E-state index contributed by atoms with van der Waals surface area (Å²) in [6.45, 7) is 8.01. The molecule has 3 aromatic heterocycles. The number of rotatable bonds is 5. The molecule has 3 aliphatic rings. The number of aromatic nitrogens is 4. The number of hydrogen-bond donors (Lipinski definition) is 2. The number of nitrogens with zero attached hydrogens (tertiary/aromatic N) is 5. The van der Waals surface area contributed by atoms with E-state index < -0.39 is 0 Å². The molecule has 0 bridgehead atoms. The van der Waals surface area contributed by atoms with Crippen molar-refractivity contribution in [1.29, 1.82) is 0 Å². The van der Waals surface area contributed by atoms with Crippen molar-refractivity contribution in [3.63, 3.8) is 0 Å². The van der Waals surface area contributed by atoms with Crippen LogP contribution < -0.4 is 11.1 Å². The summed E-state index contributed by atoms with van der Waals surface area (Å²) in [7, 11) is 0. The van der Waals surface area contributed by atoms with E-state index in [2.05, 4.69) is 63.1 Å². The molecule has 3 N–H and O–H groups in total. The zero-order valence-corrected chi connectivity index (χ0v) is 23.2. The Labute approximate surface area is 235 Å². The molecule has 2 saturated heterocycles. The second kappa shape index (κ2) is 9.98. The number of pyridine rings is 2. The molecule has 7 rings (SSSR count). The number of hydrogen-bond acceptors (Lipinski definition) is 6. The SMILES string of the molecule is CC1(n2c(-c3cccnc3N)nc3ccc(-c4ccccc4)nc32)C=CC(CN2CCC3(CCCNC3)C2)=CC1. The predicted octanol–water partition coefficient (Wildman–Crippen LogP) is 5.42. The Kier molecular flexibility index (Phi) is 6.28. The van der Waals surface area contributed by atoms with Crippen LogP contribution in [0.1, 0.15) is 32.6 Å². The van der Waals surface area contributed by atoms with E-state index in [4.69, 9.17) is 15.7 Å². The van der Waals surface area contributed by atoms with Gasteiger partial charge in [0.2, 0.25) is 0 Å². The Bertz CT molecular complexity index is 1600. The smallest absolute Gasteiger partial charge is 0.161 e. The molecule has 204 valence electrons. The molecule has 40 heavy (non-hydrogen) atoms. The maximum Gasteiger partial charge on any atom is 0.161 e. The third-order valence-corrected chi connectivity index (χ3v) is 9.08. The molecule has 1 spiro atoms. The zero-order chi connectivity index (χ0) is 27.2. The third-order valence-electron chi connectivity index (χ3n) is 9.08. The molecule has 7 heteroatoms. The maximum atomic E-state index is 6.38. The van der Waals surface area contributed by atoms with Gasteiger partial charge in [-0.25, -0.2) is 15.0 Å². The van der Waals surface area contributed by atoms with Gasteiger partial charge in [0.15, 0.2) is 5.65 Å². The average molecular weight is 532 g/mol. The lowest BCUT2D eigenvalue weighted by molar-refractivity contribution is 0.207. The van der Waals surface area contributed by atoms with Gasteiger partial charge in [0.25, 0.3) is 0 Å². The average Bonchev–Trinajstić information content (AvgIpc) is 3.56. The largest absolute Gasteiger partial charge is 0.383 e. The summed E-state index contributed by atoms with van der Waals surface area (Å²) in [6.07, 6.45) is 13.6. The highest BCUT2D eigenvalue weighted by Crippen LogP contribution is 2.40. The summed E-state index contributed by atoms with van der Waals surface area (Å²) in [6, 6.07) is 18.3. The number of allylic oxidation sites excluding steroid dienone is 2. The lowest BCUT2D eigenvalue weighted by Gasteiger charge is -2.34. The van der Waals surface area contributed by atoms with Gasteiger partial charge in [0.1, 0.15) is 17.2 Å². The van der Waals surface area contributed by atoms with Crippen LogP contribution in [-0.2, 0) is 5.54 Å². The molecule has 5 heterocycles. The number of benzene rings is 1. The van der Waals surface area contributed by atoms with Crippen LogP contribution in [-0.4, -0.2) is 57.1 Å². The van der Waals surface area contributed by atoms with E-state index in [1.807, 2.05) is 36.4 Å². The van der Waals surface area contributed by atoms with Crippen LogP contribution >= 0.6 is 0 Å². The molecular weight excluding hydrogens is 494 g/mol. The van der Waals surface area contributed by atoms with Crippen LogP contribution in [0.2, 0.25) is 0 Å². The minimum atomic E-state index is -0.350. The number of imidazole rings is 1. The van der Waals surface area contributed by atoms with Gasteiger partial charge >= 0.3 is 0 Å². The molecule has 2 aliphatic heterocycles. The van der Waals surface area contributed by atoms with Gasteiger partial charge in [0.05, 0.1) is 16.8 Å². The van der Waals surface area contributed by atoms with Crippen LogP contribution in [0, 0.1) is 5.41 Å². The first-order chi connectivity index (χ1) is 19.5. The van der Waals surface area contributed by atoms with Gasteiger partial charge in [0, 0.05) is 31.4 Å². The first-order valence-corrected chi connectivity index (χ1v) is 14.5. The predicted molar refractivity (Wildman–Crippen MR) is 162 cm³/mol. The molecule has 2 atom stereocenters. The van der Waals surface area contributed by atoms with Crippen LogP contribution in [0.15, 0.2) is 84.6 Å². The van der Waals surface area contributed by atoms with Gasteiger partial charge in [-0.05, 0) is 81.0 Å². The highest BCUT2D eigenvalue weighted by atomic mass is 15.2. The Balaban J connectivity index is 1.23. The topological polar surface area (TPSA) is 84.9 Å². The van der Waals surface area contributed by atoms with Gasteiger partial charge in [-0.3, -0.25) is 9.47 Å². The van der Waals surface area contributed by atoms with Gasteiger partial charge in [-0.15, -0.1) is 0 Å². The summed E-state index contributed by atoms with van der Waals surface area (Å²) < 4.78 is 2.27. The normalized spacial score (nSPS) is 25.1. The second-order valence-corrected chi connectivity index (χ2v) is 12.0. The van der Waals surface area contributed by atoms with Gasteiger partial charge < -0.3 is 11.1 Å². The van der Waals surface area contributed by atoms with Crippen molar-refractivity contribution in [3.8, 4) is 22.6 Å². The van der Waals surface area contributed by atoms with Crippen LogP contribution in [0.3, 0.4) is 0 Å². The van der Waals surface area contributed by atoms with Crippen molar-refractivity contribution in [3.05, 3.63) is 84.6 Å². The van der Waals surface area contributed by atoms with Crippen molar-refractivity contribution in [1.82, 2.24) is 29.7 Å². The van der Waals surface area contributed by atoms with Crippen molar-refractivity contribution in [2.75, 3.05) is 38.5 Å². The zero-order valence-electron chi connectivity index (χ0n) is 23.2. The molecule has 0 saturated carbocycles. The highest BCUT2D eigenvalue weighted by molar-refractivity contribution is 5.83. The number of nitrogens with one attached hydrogen (secondary N) is 1. The van der Waals surface area contributed by atoms with Crippen molar-refractivity contribution in [2.45, 2.75) is 38.1 Å². The number of nitrogens with two attached hydrogens (primary N) is 1. The van der Waals surface area contributed by atoms with Gasteiger partial charge in [-0.1, -0.05) is 48.6 Å². The summed E-state index contributed by atoms with van der Waals surface area (Å²) in [5.41, 5.74) is 12.5. The first-order valence-electron chi connectivity index (χ1n) is 14.5. The van der Waals surface area contributed by atoms with Gasteiger partial charge in [-0.2, -0.15) is 0 Å². The molecule has 1 aromatic carbocycles. The quantitative estimate of drug-likeness (QED) is 0.358. The lowest BCUT2D eigenvalue weighted by Crippen LogP contribution is -2.42. The van der Waals surface area contributed by atoms with Crippen LogP contribution in [0.4, 0.5) is 5.82 Å². The van der Waals surface area contributed by atoms with E-state index in [1.165, 1.54) is 51.0 Å². The lowest BCUT2D eigenvalue weighted by atomic mass is 9.80. The summed E-state index contributed by atoms with van der Waals surface area (Å²) in [5, 5.41) is 3.64. The van der Waals surface area contributed by atoms with E-state index in [0.717, 1.165) is 46.8 Å². The monoisotopic (exact) mass is 531 g/mol. The highest BCUT2D eigenvalue weighted by Gasteiger charge is 2.39. The van der Waals surface area contributed by atoms with E-state index in [0.29, 0.717) is 11.2 Å². The Morgan fingerprint density at radius 1 is 1.02 bits per heavy atom. The van der Waals surface area contributed by atoms with E-state index >= 15 is 0 Å². The fourth-order valence-corrected chi connectivity index (χ4v) is 6.84. The van der Waals surface area contributed by atoms with E-state index in [1.54, 1.807) is 6.20 Å². The number of piperidine rings is 1. The Morgan fingerprint density at radius 3 is 2.70 bits per heavy atom. The molecule has 4 aromatic rings. The fraction of sp³-hybridized carbons (Fsp3) is 0.364. The molecule has 0 radical (unpaired) electrons. The minimum absolute atomic E-state index is 0.350. The molecule has 2 fully saturated rings. The Hall–Kier alpha value is -3.81. The van der Waals surface area contributed by atoms with Crippen LogP contribution in [0.25, 0.3) is 33.8 Å². The first kappa shape index (κ1) is 25.2. The molecule has 0 amide bonds. The number of anilines is 1. The second-order valence-electron chi connectivity index (χ2n) is 12.0. The maximum absolute atomic E-state index is 6.38. The minimum Gasteiger partial charge on any atom is -0.383 e. The fourth-order valence-electron chi connectivity index (χ4n) is 6.84. The molecule has 1 aliphatic carbocycles. The molecular formula is C33H37N7. The Morgan fingerprint density at radius 2 is 1.93 bits per heavy atom. The number of nitrogen functional groups attached to an aromatic ring is 1. The van der Waals surface area contributed by atoms with Crippen molar-refractivity contribution < 1.29 is 0 Å². The third kappa shape index (κ3) is 4.53. The summed E-state index contributed by atoms with van der Waals surface area (Å²) in [4.78, 5) is 17.2. The van der Waals surface area contributed by atoms with E-state index in [9.17, 15) is 0 Å². The molecule has 2 unspecified atom stereocenters. The number of fused-ring (bicyclic) bond motifs is 1.